The van der Waals surface area contributed by atoms with Crippen LogP contribution in [0.4, 0.5) is 22.8 Å². The Bertz CT molecular complexity index is 3870. The number of halogens is 3. The number of allylic oxidation sites excluding steroid dienone is 2. The summed E-state index contributed by atoms with van der Waals surface area (Å²) in [4.78, 5) is 32.7. The second-order valence-electron chi connectivity index (χ2n) is 25.7. The van der Waals surface area contributed by atoms with Gasteiger partial charge in [-0.1, -0.05) is 82.3 Å². The van der Waals surface area contributed by atoms with Crippen molar-refractivity contribution in [2.75, 3.05) is 51.2 Å². The molecular formula is C63H88BF3N4O17S5. The van der Waals surface area contributed by atoms with Crippen molar-refractivity contribution >= 4 is 85.6 Å². The van der Waals surface area contributed by atoms with Crippen LogP contribution in [0.1, 0.15) is 130 Å². The Morgan fingerprint density at radius 2 is 0.957 bits per heavy atom. The molecule has 5 atom stereocenters. The van der Waals surface area contributed by atoms with E-state index in [1.165, 1.54) is 55.0 Å². The zero-order valence-electron chi connectivity index (χ0n) is 55.0. The first-order valence-corrected chi connectivity index (χ1v) is 38.8. The number of benzene rings is 4. The first kappa shape index (κ1) is 79.3. The highest BCUT2D eigenvalue weighted by Gasteiger charge is 2.50. The van der Waals surface area contributed by atoms with Crippen LogP contribution in [0.3, 0.4) is 0 Å². The smallest absolute Gasteiger partial charge is 0.443 e. The van der Waals surface area contributed by atoms with Crippen molar-refractivity contribution in [3.8, 4) is 0 Å². The summed E-state index contributed by atoms with van der Waals surface area (Å²) in [6, 6.07) is 26.6. The number of aliphatic imine (C=N–C) groups is 1. The molecule has 8 rings (SSSR count). The van der Waals surface area contributed by atoms with Crippen LogP contribution in [-0.2, 0) is 63.1 Å². The molecule has 4 aromatic rings. The van der Waals surface area contributed by atoms with Crippen LogP contribution in [0.5, 0.6) is 0 Å². The first-order valence-electron chi connectivity index (χ1n) is 29.8. The van der Waals surface area contributed by atoms with E-state index in [0.717, 1.165) is 84.5 Å². The molecule has 0 spiro atoms. The monoisotopic (exact) mass is 1400 g/mol. The van der Waals surface area contributed by atoms with Crippen molar-refractivity contribution in [3.63, 3.8) is 0 Å². The molecule has 3 unspecified atom stereocenters. The van der Waals surface area contributed by atoms with Crippen LogP contribution >= 0.6 is 0 Å². The number of sulfone groups is 4. The number of hydrogen-bond donors (Lipinski definition) is 3. The van der Waals surface area contributed by atoms with Gasteiger partial charge in [0.05, 0.1) is 25.3 Å². The average Bonchev–Trinajstić information content (AvgIpc) is 0.844. The molecule has 4 aliphatic heterocycles. The number of nitrogens with one attached hydrogen (secondary N) is 1. The number of nitrogens with zero attached hydrogens (tertiary/aromatic N) is 3. The Hall–Kier alpha value is -6.15. The summed E-state index contributed by atoms with van der Waals surface area (Å²) in [7, 11) is -20.0. The van der Waals surface area contributed by atoms with Gasteiger partial charge in [0.2, 0.25) is 5.88 Å². The summed E-state index contributed by atoms with van der Waals surface area (Å²) in [6.07, 6.45) is 12.2. The van der Waals surface area contributed by atoms with Gasteiger partial charge in [0.1, 0.15) is 11.2 Å². The molecule has 4 heterocycles. The fourth-order valence-corrected chi connectivity index (χ4v) is 12.2. The van der Waals surface area contributed by atoms with Crippen LogP contribution in [0.25, 0.3) is 5.70 Å². The van der Waals surface area contributed by atoms with Crippen LogP contribution in [0.15, 0.2) is 140 Å². The molecule has 93 heavy (non-hydrogen) atoms. The molecule has 0 aliphatic carbocycles. The highest BCUT2D eigenvalue weighted by atomic mass is 32.2. The van der Waals surface area contributed by atoms with E-state index in [9.17, 15) is 64.8 Å². The Kier molecular flexibility index (Phi) is 27.7. The molecule has 0 bridgehead atoms. The van der Waals surface area contributed by atoms with Gasteiger partial charge >= 0.3 is 34.9 Å². The van der Waals surface area contributed by atoms with Crippen molar-refractivity contribution < 1.29 is 88.6 Å². The molecule has 516 valence electrons. The third-order valence-corrected chi connectivity index (χ3v) is 19.8. The Labute approximate surface area is 547 Å². The molecular weight excluding hydrogens is 1310 g/mol. The van der Waals surface area contributed by atoms with Gasteiger partial charge in [-0.05, 0) is 187 Å². The van der Waals surface area contributed by atoms with Crippen LogP contribution in [0.2, 0.25) is 0 Å². The third-order valence-electron chi connectivity index (χ3n) is 14.3. The molecule has 21 nitrogen and oxygen atoms in total. The van der Waals surface area contributed by atoms with Crippen molar-refractivity contribution in [2.24, 2.45) is 28.7 Å². The summed E-state index contributed by atoms with van der Waals surface area (Å²) in [6.45, 7) is 21.0. The number of amides is 2. The van der Waals surface area contributed by atoms with Gasteiger partial charge in [-0.3, -0.25) is 9.89 Å². The van der Waals surface area contributed by atoms with Crippen molar-refractivity contribution in [2.45, 2.75) is 150 Å². The predicted molar refractivity (Wildman–Crippen MR) is 353 cm³/mol. The van der Waals surface area contributed by atoms with E-state index in [0.29, 0.717) is 34.2 Å². The van der Waals surface area contributed by atoms with Crippen molar-refractivity contribution in [1.29, 1.82) is 0 Å². The molecule has 3 N–H and O–H groups in total. The molecule has 1 fully saturated rings. The van der Waals surface area contributed by atoms with Gasteiger partial charge < -0.3 is 29.0 Å². The van der Waals surface area contributed by atoms with Crippen LogP contribution in [-0.4, -0.2) is 155 Å². The molecule has 2 amide bonds. The topological polar surface area (TPSA) is 304 Å². The zero-order chi connectivity index (χ0) is 70.5. The molecule has 4 aliphatic rings. The molecule has 0 saturated carbocycles. The molecule has 0 radical (unpaired) electrons. The van der Waals surface area contributed by atoms with Gasteiger partial charge in [-0.25, -0.2) is 48.2 Å². The fourth-order valence-electron chi connectivity index (χ4n) is 9.22. The second-order valence-corrected chi connectivity index (χ2v) is 35.3. The SMILES string of the molecule is CC1CC=C(OS(=O)(=O)C(F)(F)F)N(C(=O)OC(C)(C)C)C1.CC1CC=C(c2ccc(S(C)(=O)=O)cc2)N(C(=O)OC(C)(C)C)C1.CC1CCC(c2ccc(S(C)(=O)=O)cc2)=NC1.CS(=O)(=O)c1ccc(B(O)O)cc1.C[C@H]1CC[C@H](c2ccc(S(C)(=O)=O)cc2)NC1. The summed E-state index contributed by atoms with van der Waals surface area (Å²) in [5.74, 6) is 0.977. The predicted octanol–water partition coefficient (Wildman–Crippen LogP) is 9.91. The molecule has 4 aromatic carbocycles. The van der Waals surface area contributed by atoms with Crippen molar-refractivity contribution in [1.82, 2.24) is 15.1 Å². The van der Waals surface area contributed by atoms with Gasteiger partial charge in [0, 0.05) is 56.4 Å². The lowest BCUT2D eigenvalue weighted by Gasteiger charge is -2.34. The Morgan fingerprint density at radius 1 is 0.548 bits per heavy atom. The van der Waals surface area contributed by atoms with E-state index in [1.807, 2.05) is 51.1 Å². The van der Waals surface area contributed by atoms with E-state index in [-0.39, 0.29) is 40.2 Å². The van der Waals surface area contributed by atoms with Gasteiger partial charge in [0.25, 0.3) is 0 Å². The highest BCUT2D eigenvalue weighted by Crippen LogP contribution is 2.33. The minimum absolute atomic E-state index is 0.00583. The first-order chi connectivity index (χ1) is 42.5. The zero-order valence-corrected chi connectivity index (χ0v) is 59.0. The number of hydrogen-bond acceptors (Lipinski definition) is 19. The van der Waals surface area contributed by atoms with Crippen LogP contribution in [0, 0.1) is 23.7 Å². The van der Waals surface area contributed by atoms with E-state index in [2.05, 4.69) is 35.3 Å². The lowest BCUT2D eigenvalue weighted by atomic mass is 9.81. The summed E-state index contributed by atoms with van der Waals surface area (Å²) >= 11 is 0. The minimum Gasteiger partial charge on any atom is -0.443 e. The quantitative estimate of drug-likeness (QED) is 0.0755. The van der Waals surface area contributed by atoms with Gasteiger partial charge in [-0.2, -0.15) is 21.6 Å². The standard InChI is InChI=1S/C18H25NO4S.C13H19NO2S.C13H17NO2S.C12H18F3NO5S.C7H9BO4S/c1-13-6-11-16(19(12-13)17(20)23-18(2,3)4)14-7-9-15(10-8-14)24(5,21)22;2*1-10-3-8-13(14-9-10)11-4-6-12(7-5-11)17(2,15)16;1-8-5-6-9(21-22(18,19)12(13,14)15)16(7-8)10(17)20-11(2,3)4;1-13(11,12)7-4-2-6(3-5-7)8(9)10/h7-11,13H,6,12H2,1-5H3;4-7,10,13-14H,3,8-9H2,1-2H3;4-7,10H,3,8-9H2,1-2H3;6,8H,5,7H2,1-4H3;2-5,9-10H,1H3/t;10-,13+;;;/m.0.../s1. The number of alkyl halides is 3. The number of piperidine rings is 1. The van der Waals surface area contributed by atoms with E-state index >= 15 is 0 Å². The number of carbonyl (C=O) groups is 2. The normalized spacial score (nSPS) is 19.9. The second kappa shape index (κ2) is 32.5. The number of carbonyl (C=O) groups excluding carboxylic acids is 2. The highest BCUT2D eigenvalue weighted by molar-refractivity contribution is 7.91. The maximum Gasteiger partial charge on any atom is 0.534 e. The molecule has 1 saturated heterocycles. The molecule has 0 aromatic heterocycles. The van der Waals surface area contributed by atoms with E-state index in [1.54, 1.807) is 81.1 Å². The fraction of sp³-hybridized carbons (Fsp3) is 0.508. The van der Waals surface area contributed by atoms with Gasteiger partial charge in [-0.15, -0.1) is 0 Å². The lowest BCUT2D eigenvalue weighted by Crippen LogP contribution is -2.42. The maximum atomic E-state index is 12.5. The average molecular weight is 1400 g/mol. The Balaban J connectivity index is 0.000000251. The molecule has 30 heteroatoms. The number of rotatable bonds is 10. The third kappa shape index (κ3) is 26.2. The minimum atomic E-state index is -5.84. The van der Waals surface area contributed by atoms with Gasteiger partial charge in [0.15, 0.2) is 39.3 Å². The van der Waals surface area contributed by atoms with Crippen molar-refractivity contribution in [3.05, 3.63) is 132 Å². The van der Waals surface area contributed by atoms with Crippen LogP contribution < -0.4 is 10.8 Å². The maximum absolute atomic E-state index is 12.5. The lowest BCUT2D eigenvalue weighted by molar-refractivity contribution is -0.0546. The van der Waals surface area contributed by atoms with E-state index < -0.39 is 85.3 Å². The summed E-state index contributed by atoms with van der Waals surface area (Å²) < 4.78 is 164. The largest absolute Gasteiger partial charge is 0.534 e. The number of ether oxygens (including phenoxy) is 2. The summed E-state index contributed by atoms with van der Waals surface area (Å²) in [5, 5.41) is 20.9. The van der Waals surface area contributed by atoms with E-state index in [4.69, 9.17) is 19.5 Å². The Morgan fingerprint density at radius 3 is 1.34 bits per heavy atom. The summed E-state index contributed by atoms with van der Waals surface area (Å²) in [5.41, 5.74) is -1.85.